The number of benzene rings is 1. The van der Waals surface area contributed by atoms with Crippen LogP contribution in [0.15, 0.2) is 60.0 Å². The Kier molecular flexibility index (Phi) is 5.06. The molecule has 0 N–H and O–H groups in total. The second-order valence-electron chi connectivity index (χ2n) is 7.32. The van der Waals surface area contributed by atoms with Gasteiger partial charge in [-0.1, -0.05) is 30.3 Å². The van der Waals surface area contributed by atoms with E-state index in [0.29, 0.717) is 0 Å². The fraction of sp³-hybridized carbons (Fsp3) is 0.318. The predicted octanol–water partition coefficient (Wildman–Crippen LogP) is 2.41. The Labute approximate surface area is 169 Å². The summed E-state index contributed by atoms with van der Waals surface area (Å²) in [5.41, 5.74) is 4.93. The number of ether oxygens (including phenoxy) is 1. The van der Waals surface area contributed by atoms with Crippen LogP contribution >= 0.6 is 0 Å². The van der Waals surface area contributed by atoms with Crippen LogP contribution in [0.1, 0.15) is 5.56 Å². The van der Waals surface area contributed by atoms with Gasteiger partial charge in [-0.15, -0.1) is 0 Å². The first kappa shape index (κ1) is 18.0. The minimum atomic E-state index is 0.840. The summed E-state index contributed by atoms with van der Waals surface area (Å²) in [7, 11) is 0. The molecule has 5 rings (SSSR count). The molecular weight excluding hydrogens is 364 g/mol. The van der Waals surface area contributed by atoms with Crippen molar-refractivity contribution in [3.63, 3.8) is 0 Å². The van der Waals surface area contributed by atoms with Crippen molar-refractivity contribution in [3.05, 3.63) is 60.6 Å². The Morgan fingerprint density at radius 1 is 0.966 bits per heavy atom. The molecule has 3 aromatic rings. The maximum atomic E-state index is 5.41. The highest BCUT2D eigenvalue weighted by Crippen LogP contribution is 2.24. The summed E-state index contributed by atoms with van der Waals surface area (Å²) in [4.78, 5) is 14.0. The zero-order chi connectivity index (χ0) is 19.5. The molecule has 2 aliphatic heterocycles. The first-order valence-corrected chi connectivity index (χ1v) is 10.0. The number of aliphatic imine (C=N–C) groups is 1. The van der Waals surface area contributed by atoms with Crippen LogP contribution in [0.5, 0.6) is 0 Å². The third-order valence-corrected chi connectivity index (χ3v) is 5.42. The van der Waals surface area contributed by atoms with Crippen LogP contribution in [-0.4, -0.2) is 76.7 Å². The highest BCUT2D eigenvalue weighted by atomic mass is 16.5. The molecule has 2 aliphatic rings. The molecule has 148 valence electrons. The zero-order valence-corrected chi connectivity index (χ0v) is 16.3. The molecule has 7 nitrogen and oxygen atoms in total. The topological polar surface area (TPSA) is 58.3 Å². The summed E-state index contributed by atoms with van der Waals surface area (Å²) in [6.45, 7) is 6.60. The van der Waals surface area contributed by atoms with Gasteiger partial charge in [0.2, 0.25) is 0 Å². The molecule has 0 amide bonds. The van der Waals surface area contributed by atoms with Gasteiger partial charge in [0.15, 0.2) is 5.65 Å². The minimum Gasteiger partial charge on any atom is -0.379 e. The van der Waals surface area contributed by atoms with E-state index in [-0.39, 0.29) is 0 Å². The van der Waals surface area contributed by atoms with Crippen LogP contribution in [0, 0.1) is 0 Å². The maximum Gasteiger partial charge on any atom is 0.162 e. The minimum absolute atomic E-state index is 0.840. The molecule has 0 bridgehead atoms. The van der Waals surface area contributed by atoms with Crippen LogP contribution < -0.4 is 0 Å². The van der Waals surface area contributed by atoms with Gasteiger partial charge in [0.05, 0.1) is 31.4 Å². The number of hydrogen-bond donors (Lipinski definition) is 0. The number of aromatic nitrogens is 3. The van der Waals surface area contributed by atoms with Gasteiger partial charge in [0, 0.05) is 56.2 Å². The Hall–Kier alpha value is -3.03. The van der Waals surface area contributed by atoms with Crippen molar-refractivity contribution in [2.24, 2.45) is 4.99 Å². The average molecular weight is 388 g/mol. The lowest BCUT2D eigenvalue weighted by Gasteiger charge is -2.29. The molecule has 1 aromatic carbocycles. The van der Waals surface area contributed by atoms with Crippen molar-refractivity contribution in [2.45, 2.75) is 0 Å². The lowest BCUT2D eigenvalue weighted by atomic mass is 10.1. The summed E-state index contributed by atoms with van der Waals surface area (Å²) in [5, 5.41) is 4.50. The maximum absolute atomic E-state index is 5.41. The first-order valence-electron chi connectivity index (χ1n) is 10.0. The monoisotopic (exact) mass is 388 g/mol. The molecule has 0 saturated carbocycles. The van der Waals surface area contributed by atoms with Gasteiger partial charge in [0.25, 0.3) is 0 Å². The summed E-state index contributed by atoms with van der Waals surface area (Å²) < 4.78 is 7.24. The SMILES string of the molecule is C1=NC(c2cnc3c(-c4ccccc4)cnn3c2)=CCN1CCN1CCOCC1. The summed E-state index contributed by atoms with van der Waals surface area (Å²) in [5.74, 6) is 0. The first-order chi connectivity index (χ1) is 14.4. The zero-order valence-electron chi connectivity index (χ0n) is 16.3. The van der Waals surface area contributed by atoms with E-state index < -0.39 is 0 Å². The second kappa shape index (κ2) is 8.14. The largest absolute Gasteiger partial charge is 0.379 e. The predicted molar refractivity (Wildman–Crippen MR) is 114 cm³/mol. The summed E-state index contributed by atoms with van der Waals surface area (Å²) >= 11 is 0. The fourth-order valence-corrected chi connectivity index (χ4v) is 3.71. The number of hydrogen-bond acceptors (Lipinski definition) is 6. The number of rotatable bonds is 5. The molecular formula is C22H24N6O. The molecule has 29 heavy (non-hydrogen) atoms. The van der Waals surface area contributed by atoms with Crippen molar-refractivity contribution in [3.8, 4) is 11.1 Å². The van der Waals surface area contributed by atoms with E-state index in [4.69, 9.17) is 4.74 Å². The Bertz CT molecular complexity index is 1040. The molecule has 0 aliphatic carbocycles. The number of fused-ring (bicyclic) bond motifs is 1. The van der Waals surface area contributed by atoms with E-state index in [1.807, 2.05) is 47.6 Å². The van der Waals surface area contributed by atoms with Gasteiger partial charge in [-0.3, -0.25) is 4.90 Å². The van der Waals surface area contributed by atoms with Gasteiger partial charge in [-0.05, 0) is 11.6 Å². The van der Waals surface area contributed by atoms with Crippen molar-refractivity contribution in [1.82, 2.24) is 24.4 Å². The summed E-state index contributed by atoms with van der Waals surface area (Å²) in [6.07, 6.45) is 9.85. The van der Waals surface area contributed by atoms with Crippen LogP contribution in [0.3, 0.4) is 0 Å². The van der Waals surface area contributed by atoms with E-state index in [1.54, 1.807) is 0 Å². The molecule has 0 atom stereocenters. The molecule has 0 radical (unpaired) electrons. The van der Waals surface area contributed by atoms with Crippen molar-refractivity contribution in [1.29, 1.82) is 0 Å². The fourth-order valence-electron chi connectivity index (χ4n) is 3.71. The summed E-state index contributed by atoms with van der Waals surface area (Å²) in [6, 6.07) is 10.2. The smallest absolute Gasteiger partial charge is 0.162 e. The van der Waals surface area contributed by atoms with E-state index in [2.05, 4.69) is 43.1 Å². The van der Waals surface area contributed by atoms with Crippen LogP contribution in [0.2, 0.25) is 0 Å². The van der Waals surface area contributed by atoms with E-state index in [1.165, 1.54) is 0 Å². The average Bonchev–Trinajstić information content (AvgIpc) is 3.23. The molecule has 1 saturated heterocycles. The van der Waals surface area contributed by atoms with Crippen LogP contribution in [0.4, 0.5) is 0 Å². The van der Waals surface area contributed by atoms with Crippen LogP contribution in [-0.2, 0) is 4.74 Å². The molecule has 1 fully saturated rings. The normalized spacial score (nSPS) is 17.7. The highest BCUT2D eigenvalue weighted by molar-refractivity contribution is 5.79. The molecule has 0 spiro atoms. The van der Waals surface area contributed by atoms with E-state index in [9.17, 15) is 0 Å². The highest BCUT2D eigenvalue weighted by Gasteiger charge is 2.14. The van der Waals surface area contributed by atoms with E-state index in [0.717, 1.165) is 74.0 Å². The Morgan fingerprint density at radius 2 is 1.83 bits per heavy atom. The Balaban J connectivity index is 1.27. The number of morpholine rings is 1. The van der Waals surface area contributed by atoms with Crippen molar-refractivity contribution >= 4 is 17.7 Å². The Morgan fingerprint density at radius 3 is 2.62 bits per heavy atom. The van der Waals surface area contributed by atoms with Crippen LogP contribution in [0.25, 0.3) is 22.5 Å². The molecule has 4 heterocycles. The third-order valence-electron chi connectivity index (χ3n) is 5.42. The lowest BCUT2D eigenvalue weighted by Crippen LogP contribution is -2.41. The van der Waals surface area contributed by atoms with Crippen molar-refractivity contribution < 1.29 is 4.74 Å². The van der Waals surface area contributed by atoms with Gasteiger partial charge in [-0.25, -0.2) is 14.5 Å². The van der Waals surface area contributed by atoms with E-state index >= 15 is 0 Å². The van der Waals surface area contributed by atoms with Gasteiger partial charge < -0.3 is 9.64 Å². The second-order valence-corrected chi connectivity index (χ2v) is 7.32. The molecule has 0 unspecified atom stereocenters. The van der Waals surface area contributed by atoms with Gasteiger partial charge in [0.1, 0.15) is 0 Å². The van der Waals surface area contributed by atoms with Crippen molar-refractivity contribution in [2.75, 3.05) is 45.9 Å². The van der Waals surface area contributed by atoms with Gasteiger partial charge >= 0.3 is 0 Å². The third kappa shape index (κ3) is 3.92. The molecule has 2 aromatic heterocycles. The molecule has 7 heteroatoms. The lowest BCUT2D eigenvalue weighted by molar-refractivity contribution is 0.0363. The standard InChI is InChI=1S/C22H24N6O/c1-2-4-18(5-3-1)20-15-25-28-16-19(14-23-22(20)28)21-6-7-27(17-24-21)9-8-26-10-12-29-13-11-26/h1-6,14-17H,7-13H2. The quantitative estimate of drug-likeness (QED) is 0.672. The number of nitrogens with zero attached hydrogens (tertiary/aromatic N) is 6. The van der Waals surface area contributed by atoms with Gasteiger partial charge in [-0.2, -0.15) is 5.10 Å².